The van der Waals surface area contributed by atoms with E-state index >= 15 is 0 Å². The van der Waals surface area contributed by atoms with E-state index in [0.717, 1.165) is 0 Å². The number of hydrogen-bond acceptors (Lipinski definition) is 4. The van der Waals surface area contributed by atoms with E-state index in [9.17, 15) is 0 Å². The Balaban J connectivity index is 3.00. The predicted molar refractivity (Wildman–Crippen MR) is 65.7 cm³/mol. The van der Waals surface area contributed by atoms with Crippen molar-refractivity contribution >= 4 is 5.69 Å². The fourth-order valence-electron chi connectivity index (χ4n) is 1.55. The summed E-state index contributed by atoms with van der Waals surface area (Å²) in [7, 11) is 1.60. The molecule has 17 heavy (non-hydrogen) atoms. The zero-order valence-corrected chi connectivity index (χ0v) is 10.1. The van der Waals surface area contributed by atoms with E-state index in [1.165, 1.54) is 0 Å². The van der Waals surface area contributed by atoms with Crippen molar-refractivity contribution in [2.75, 3.05) is 19.5 Å². The van der Waals surface area contributed by atoms with E-state index < -0.39 is 0 Å². The van der Waals surface area contributed by atoms with E-state index in [1.807, 2.05) is 6.92 Å². The molecule has 5 nitrogen and oxygen atoms in total. The quantitative estimate of drug-likeness (QED) is 0.759. The van der Waals surface area contributed by atoms with Crippen molar-refractivity contribution < 1.29 is 9.47 Å². The van der Waals surface area contributed by atoms with Gasteiger partial charge in [0.15, 0.2) is 0 Å². The van der Waals surface area contributed by atoms with Crippen LogP contribution in [0, 0.1) is 11.3 Å². The molecule has 0 aliphatic heterocycles. The SMILES string of the molecule is C=CCn1c(C#N)cc(N)c1O[C@H](C)COC. The molecule has 0 radical (unpaired) electrons. The van der Waals surface area contributed by atoms with Crippen molar-refractivity contribution in [3.63, 3.8) is 0 Å². The summed E-state index contributed by atoms with van der Waals surface area (Å²) in [5.74, 6) is 0.492. The van der Waals surface area contributed by atoms with Gasteiger partial charge < -0.3 is 15.2 Å². The highest BCUT2D eigenvalue weighted by Crippen LogP contribution is 2.27. The lowest BCUT2D eigenvalue weighted by atomic mass is 10.4. The number of nitrogens with zero attached hydrogens (tertiary/aromatic N) is 2. The maximum atomic E-state index is 8.98. The van der Waals surface area contributed by atoms with Gasteiger partial charge in [-0.25, -0.2) is 0 Å². The predicted octanol–water partition coefficient (Wildman–Crippen LogP) is 1.54. The fourth-order valence-corrected chi connectivity index (χ4v) is 1.55. The Bertz CT molecular complexity index is 432. The molecule has 1 rings (SSSR count). The summed E-state index contributed by atoms with van der Waals surface area (Å²) in [4.78, 5) is 0. The molecule has 0 unspecified atom stereocenters. The maximum absolute atomic E-state index is 8.98. The van der Waals surface area contributed by atoms with Crippen molar-refractivity contribution in [3.05, 3.63) is 24.4 Å². The third-order valence-corrected chi connectivity index (χ3v) is 2.22. The van der Waals surface area contributed by atoms with Gasteiger partial charge >= 0.3 is 0 Å². The van der Waals surface area contributed by atoms with Crippen molar-refractivity contribution in [1.29, 1.82) is 5.26 Å². The lowest BCUT2D eigenvalue weighted by Crippen LogP contribution is -2.20. The summed E-state index contributed by atoms with van der Waals surface area (Å²) in [6.45, 7) is 6.46. The van der Waals surface area contributed by atoms with Crippen LogP contribution in [0.25, 0.3) is 0 Å². The minimum Gasteiger partial charge on any atom is -0.472 e. The molecule has 0 aliphatic carbocycles. The first-order chi connectivity index (χ1) is 8.13. The summed E-state index contributed by atoms with van der Waals surface area (Å²) in [5.41, 5.74) is 6.73. The average molecular weight is 235 g/mol. The molecule has 0 saturated carbocycles. The van der Waals surface area contributed by atoms with Crippen molar-refractivity contribution in [1.82, 2.24) is 4.57 Å². The van der Waals surface area contributed by atoms with Crippen LogP contribution >= 0.6 is 0 Å². The van der Waals surface area contributed by atoms with Crippen molar-refractivity contribution in [2.45, 2.75) is 19.6 Å². The van der Waals surface area contributed by atoms with Crippen LogP contribution < -0.4 is 10.5 Å². The minimum absolute atomic E-state index is 0.132. The van der Waals surface area contributed by atoms with Crippen molar-refractivity contribution in [3.8, 4) is 11.9 Å². The van der Waals surface area contributed by atoms with Gasteiger partial charge in [-0.2, -0.15) is 5.26 Å². The third kappa shape index (κ3) is 3.02. The number of methoxy groups -OCH3 is 1. The number of aromatic nitrogens is 1. The highest BCUT2D eigenvalue weighted by Gasteiger charge is 2.16. The Morgan fingerprint density at radius 3 is 2.94 bits per heavy atom. The van der Waals surface area contributed by atoms with Gasteiger partial charge in [0.1, 0.15) is 17.9 Å². The van der Waals surface area contributed by atoms with Gasteiger partial charge in [0, 0.05) is 19.7 Å². The highest BCUT2D eigenvalue weighted by molar-refractivity contribution is 5.55. The normalized spacial score (nSPS) is 11.8. The number of nitrogens with two attached hydrogens (primary N) is 1. The number of rotatable bonds is 6. The summed E-state index contributed by atoms with van der Waals surface area (Å²) >= 11 is 0. The topological polar surface area (TPSA) is 73.2 Å². The monoisotopic (exact) mass is 235 g/mol. The smallest absolute Gasteiger partial charge is 0.219 e. The number of nitriles is 1. The molecule has 1 aromatic rings. The van der Waals surface area contributed by atoms with Crippen LogP contribution in [0.1, 0.15) is 12.6 Å². The largest absolute Gasteiger partial charge is 0.472 e. The zero-order valence-electron chi connectivity index (χ0n) is 10.1. The van der Waals surface area contributed by atoms with Crippen LogP contribution in [0.15, 0.2) is 18.7 Å². The van der Waals surface area contributed by atoms with E-state index in [0.29, 0.717) is 30.4 Å². The van der Waals surface area contributed by atoms with Crippen LogP contribution in [0.2, 0.25) is 0 Å². The molecular weight excluding hydrogens is 218 g/mol. The van der Waals surface area contributed by atoms with Gasteiger partial charge in [-0.15, -0.1) is 6.58 Å². The number of hydrogen-bond donors (Lipinski definition) is 1. The second-order valence-corrected chi connectivity index (χ2v) is 3.68. The molecule has 0 spiro atoms. The Morgan fingerprint density at radius 2 is 2.41 bits per heavy atom. The highest BCUT2D eigenvalue weighted by atomic mass is 16.5. The number of anilines is 1. The van der Waals surface area contributed by atoms with Gasteiger partial charge in [-0.05, 0) is 6.92 Å². The van der Waals surface area contributed by atoms with Crippen LogP contribution in [0.5, 0.6) is 5.88 Å². The summed E-state index contributed by atoms with van der Waals surface area (Å²) < 4.78 is 12.3. The molecule has 0 aliphatic rings. The van der Waals surface area contributed by atoms with E-state index in [1.54, 1.807) is 23.8 Å². The van der Waals surface area contributed by atoms with Crippen molar-refractivity contribution in [2.24, 2.45) is 0 Å². The van der Waals surface area contributed by atoms with Crippen LogP contribution in [-0.2, 0) is 11.3 Å². The molecule has 0 saturated heterocycles. The lowest BCUT2D eigenvalue weighted by molar-refractivity contribution is 0.0870. The fraction of sp³-hybridized carbons (Fsp3) is 0.417. The molecule has 5 heteroatoms. The second kappa shape index (κ2) is 5.97. The average Bonchev–Trinajstić information content (AvgIpc) is 2.58. The molecule has 1 aromatic heterocycles. The molecule has 0 amide bonds. The molecule has 1 atom stereocenters. The first-order valence-corrected chi connectivity index (χ1v) is 5.29. The lowest BCUT2D eigenvalue weighted by Gasteiger charge is -2.16. The molecule has 0 aromatic carbocycles. The van der Waals surface area contributed by atoms with Gasteiger partial charge in [-0.1, -0.05) is 6.08 Å². The Labute approximate surface area is 101 Å². The second-order valence-electron chi connectivity index (χ2n) is 3.68. The minimum atomic E-state index is -0.132. The summed E-state index contributed by atoms with van der Waals surface area (Å²) in [6, 6.07) is 3.67. The van der Waals surface area contributed by atoms with Gasteiger partial charge in [-0.3, -0.25) is 4.57 Å². The van der Waals surface area contributed by atoms with Gasteiger partial charge in [0.05, 0.1) is 12.3 Å². The number of allylic oxidation sites excluding steroid dienone is 1. The molecule has 0 bridgehead atoms. The molecule has 92 valence electrons. The van der Waals surface area contributed by atoms with Gasteiger partial charge in [0.25, 0.3) is 0 Å². The van der Waals surface area contributed by atoms with Crippen LogP contribution in [-0.4, -0.2) is 24.4 Å². The van der Waals surface area contributed by atoms with Crippen LogP contribution in [0.3, 0.4) is 0 Å². The Hall–Kier alpha value is -1.93. The third-order valence-electron chi connectivity index (χ3n) is 2.22. The standard InChI is InChI=1S/C12H17N3O2/c1-4-5-15-10(7-13)6-11(14)12(15)17-9(2)8-16-3/h4,6,9H,1,5,8,14H2,2-3H3/t9-/m1/s1. The Morgan fingerprint density at radius 1 is 1.71 bits per heavy atom. The number of ether oxygens (including phenoxy) is 2. The zero-order chi connectivity index (χ0) is 12.8. The molecule has 2 N–H and O–H groups in total. The molecule has 1 heterocycles. The first-order valence-electron chi connectivity index (χ1n) is 5.29. The van der Waals surface area contributed by atoms with E-state index in [4.69, 9.17) is 20.5 Å². The van der Waals surface area contributed by atoms with E-state index in [-0.39, 0.29) is 6.10 Å². The van der Waals surface area contributed by atoms with E-state index in [2.05, 4.69) is 12.6 Å². The maximum Gasteiger partial charge on any atom is 0.219 e. The first kappa shape index (κ1) is 13.1. The Kier molecular flexibility index (Phi) is 4.61. The number of nitrogen functional groups attached to an aromatic ring is 1. The molecule has 0 fully saturated rings. The summed E-state index contributed by atoms with van der Waals surface area (Å²) in [5, 5.41) is 8.98. The molecular formula is C12H17N3O2. The van der Waals surface area contributed by atoms with Gasteiger partial charge in [0.2, 0.25) is 5.88 Å². The summed E-state index contributed by atoms with van der Waals surface area (Å²) in [6.07, 6.45) is 1.56. The van der Waals surface area contributed by atoms with Crippen LogP contribution in [0.4, 0.5) is 5.69 Å².